The molecule has 21 heavy (non-hydrogen) atoms. The van der Waals surface area contributed by atoms with E-state index in [0.717, 1.165) is 0 Å². The molecule has 1 aliphatic rings. The van der Waals surface area contributed by atoms with Crippen molar-refractivity contribution in [1.82, 2.24) is 19.9 Å². The number of nitrogens with zero attached hydrogens (tertiary/aromatic N) is 4. The van der Waals surface area contributed by atoms with Crippen LogP contribution in [0.1, 0.15) is 38.1 Å². The molecule has 2 rings (SSSR count). The highest BCUT2D eigenvalue weighted by Gasteiger charge is 2.38. The molecule has 8 heteroatoms. The molecule has 0 aliphatic carbocycles. The van der Waals surface area contributed by atoms with Gasteiger partial charge in [0.2, 0.25) is 0 Å². The molecular formula is C13H20N4O4. The highest BCUT2D eigenvalue weighted by Crippen LogP contribution is 2.28. The number of rotatable bonds is 1. The Hall–Kier alpha value is -2.12. The van der Waals surface area contributed by atoms with E-state index in [1.54, 1.807) is 32.5 Å². The molecular weight excluding hydrogens is 276 g/mol. The number of esters is 1. The first kappa shape index (κ1) is 15.3. The van der Waals surface area contributed by atoms with Gasteiger partial charge < -0.3 is 14.4 Å². The van der Waals surface area contributed by atoms with Gasteiger partial charge in [-0.05, 0) is 20.8 Å². The van der Waals surface area contributed by atoms with Crippen LogP contribution in [-0.2, 0) is 27.9 Å². The van der Waals surface area contributed by atoms with Gasteiger partial charge >= 0.3 is 12.1 Å². The van der Waals surface area contributed by atoms with E-state index in [1.165, 1.54) is 12.0 Å². The molecule has 1 atom stereocenters. The van der Waals surface area contributed by atoms with Crippen molar-refractivity contribution in [3.05, 3.63) is 11.4 Å². The molecule has 0 aromatic carbocycles. The summed E-state index contributed by atoms with van der Waals surface area (Å²) in [6, 6.07) is 0. The van der Waals surface area contributed by atoms with Gasteiger partial charge in [0, 0.05) is 13.6 Å². The first-order chi connectivity index (χ1) is 9.73. The van der Waals surface area contributed by atoms with Gasteiger partial charge in [0.1, 0.15) is 17.2 Å². The molecule has 0 saturated carbocycles. The Balaban J connectivity index is 2.26. The van der Waals surface area contributed by atoms with E-state index in [9.17, 15) is 9.59 Å². The van der Waals surface area contributed by atoms with Crippen LogP contribution in [0, 0.1) is 0 Å². The Morgan fingerprint density at radius 1 is 1.33 bits per heavy atom. The highest BCUT2D eigenvalue weighted by atomic mass is 16.6. The third-order valence-corrected chi connectivity index (χ3v) is 3.15. The van der Waals surface area contributed by atoms with Gasteiger partial charge in [0.15, 0.2) is 0 Å². The van der Waals surface area contributed by atoms with Crippen LogP contribution < -0.4 is 0 Å². The van der Waals surface area contributed by atoms with Gasteiger partial charge in [0.05, 0.1) is 19.3 Å². The molecule has 8 nitrogen and oxygen atoms in total. The average molecular weight is 296 g/mol. The van der Waals surface area contributed by atoms with Crippen LogP contribution in [0.4, 0.5) is 4.79 Å². The van der Waals surface area contributed by atoms with Crippen LogP contribution in [0.3, 0.4) is 0 Å². The van der Waals surface area contributed by atoms with Crippen molar-refractivity contribution in [3.63, 3.8) is 0 Å². The molecule has 116 valence electrons. The predicted octanol–water partition coefficient (Wildman–Crippen LogP) is 0.822. The largest absolute Gasteiger partial charge is 0.468 e. The van der Waals surface area contributed by atoms with E-state index in [1.807, 2.05) is 0 Å². The molecule has 0 N–H and O–H groups in total. The molecule has 1 unspecified atom stereocenters. The number of amides is 1. The number of carbonyl (C=O) groups excluding carboxylic acids is 2. The van der Waals surface area contributed by atoms with Gasteiger partial charge in [-0.1, -0.05) is 5.21 Å². The summed E-state index contributed by atoms with van der Waals surface area (Å²) in [4.78, 5) is 25.6. The Kier molecular flexibility index (Phi) is 3.89. The third-order valence-electron chi connectivity index (χ3n) is 3.15. The van der Waals surface area contributed by atoms with Gasteiger partial charge in [-0.15, -0.1) is 5.10 Å². The summed E-state index contributed by atoms with van der Waals surface area (Å²) in [5, 5.41) is 7.92. The van der Waals surface area contributed by atoms with Crippen molar-refractivity contribution in [2.45, 2.75) is 38.8 Å². The summed E-state index contributed by atoms with van der Waals surface area (Å²) in [7, 11) is 3.03. The zero-order valence-electron chi connectivity index (χ0n) is 12.9. The molecule has 2 heterocycles. The van der Waals surface area contributed by atoms with Crippen molar-refractivity contribution in [2.75, 3.05) is 13.7 Å². The van der Waals surface area contributed by atoms with Crippen molar-refractivity contribution >= 4 is 12.1 Å². The number of carbonyl (C=O) groups is 2. The minimum Gasteiger partial charge on any atom is -0.468 e. The van der Waals surface area contributed by atoms with Crippen LogP contribution in [-0.4, -0.2) is 51.2 Å². The normalized spacial score (nSPS) is 18.1. The topological polar surface area (TPSA) is 86.6 Å². The minimum absolute atomic E-state index is 0.190. The zero-order chi connectivity index (χ0) is 15.8. The van der Waals surface area contributed by atoms with E-state index in [4.69, 9.17) is 9.47 Å². The highest BCUT2D eigenvalue weighted by molar-refractivity contribution is 5.80. The maximum absolute atomic E-state index is 12.2. The quantitative estimate of drug-likeness (QED) is 0.713. The van der Waals surface area contributed by atoms with Crippen molar-refractivity contribution < 1.29 is 19.1 Å². The summed E-state index contributed by atoms with van der Waals surface area (Å²) in [6.45, 7) is 5.84. The fraction of sp³-hybridized carbons (Fsp3) is 0.692. The third kappa shape index (κ3) is 3.14. The molecule has 0 bridgehead atoms. The van der Waals surface area contributed by atoms with Gasteiger partial charge in [-0.2, -0.15) is 0 Å². The number of hydrogen-bond donors (Lipinski definition) is 0. The first-order valence-electron chi connectivity index (χ1n) is 6.67. The SMILES string of the molecule is COC(=O)C1CN(C(=O)OC(C)(C)C)Cc2nnn(C)c21. The standard InChI is InChI=1S/C13H20N4O4/c1-13(2,3)21-12(19)17-6-8(11(18)20-5)10-9(7-17)14-15-16(10)4/h8H,6-7H2,1-5H3. The molecule has 1 amide bonds. The van der Waals surface area contributed by atoms with E-state index >= 15 is 0 Å². The fourth-order valence-electron chi connectivity index (χ4n) is 2.29. The molecule has 0 fully saturated rings. The second-order valence-corrected chi connectivity index (χ2v) is 5.98. The lowest BCUT2D eigenvalue weighted by atomic mass is 9.98. The number of aryl methyl sites for hydroxylation is 1. The van der Waals surface area contributed by atoms with Crippen LogP contribution in [0.25, 0.3) is 0 Å². The molecule has 0 radical (unpaired) electrons. The van der Waals surface area contributed by atoms with Crippen LogP contribution in [0.2, 0.25) is 0 Å². The van der Waals surface area contributed by atoms with E-state index in [0.29, 0.717) is 11.4 Å². The van der Waals surface area contributed by atoms with E-state index in [-0.39, 0.29) is 13.1 Å². The number of aromatic nitrogens is 3. The minimum atomic E-state index is -0.605. The van der Waals surface area contributed by atoms with Crippen LogP contribution in [0.5, 0.6) is 0 Å². The lowest BCUT2D eigenvalue weighted by Gasteiger charge is -2.32. The maximum atomic E-state index is 12.2. The van der Waals surface area contributed by atoms with E-state index < -0.39 is 23.6 Å². The van der Waals surface area contributed by atoms with Crippen molar-refractivity contribution in [2.24, 2.45) is 7.05 Å². The summed E-state index contributed by atoms with van der Waals surface area (Å²) >= 11 is 0. The number of ether oxygens (including phenoxy) is 2. The lowest BCUT2D eigenvalue weighted by Crippen LogP contribution is -2.43. The first-order valence-corrected chi connectivity index (χ1v) is 6.67. The number of methoxy groups -OCH3 is 1. The molecule has 0 saturated heterocycles. The fourth-order valence-corrected chi connectivity index (χ4v) is 2.29. The van der Waals surface area contributed by atoms with Crippen LogP contribution >= 0.6 is 0 Å². The summed E-state index contributed by atoms with van der Waals surface area (Å²) in [5.41, 5.74) is 0.673. The summed E-state index contributed by atoms with van der Waals surface area (Å²) < 4.78 is 11.7. The number of hydrogen-bond acceptors (Lipinski definition) is 6. The smallest absolute Gasteiger partial charge is 0.410 e. The average Bonchev–Trinajstić information content (AvgIpc) is 2.76. The predicted molar refractivity (Wildman–Crippen MR) is 72.4 cm³/mol. The molecule has 1 aromatic heterocycles. The lowest BCUT2D eigenvalue weighted by molar-refractivity contribution is -0.143. The summed E-state index contributed by atoms with van der Waals surface area (Å²) in [5.74, 6) is -1.03. The monoisotopic (exact) mass is 296 g/mol. The molecule has 0 spiro atoms. The Bertz CT molecular complexity index is 561. The molecule has 1 aliphatic heterocycles. The van der Waals surface area contributed by atoms with Gasteiger partial charge in [-0.3, -0.25) is 9.48 Å². The Labute approximate surface area is 123 Å². The van der Waals surface area contributed by atoms with Crippen molar-refractivity contribution in [1.29, 1.82) is 0 Å². The van der Waals surface area contributed by atoms with E-state index in [2.05, 4.69) is 10.3 Å². The maximum Gasteiger partial charge on any atom is 0.410 e. The second-order valence-electron chi connectivity index (χ2n) is 5.98. The van der Waals surface area contributed by atoms with Gasteiger partial charge in [-0.25, -0.2) is 4.79 Å². The van der Waals surface area contributed by atoms with Gasteiger partial charge in [0.25, 0.3) is 0 Å². The van der Waals surface area contributed by atoms with Crippen LogP contribution in [0.15, 0.2) is 0 Å². The molecule has 1 aromatic rings. The Morgan fingerprint density at radius 3 is 2.57 bits per heavy atom. The number of fused-ring (bicyclic) bond motifs is 1. The zero-order valence-corrected chi connectivity index (χ0v) is 12.9. The Morgan fingerprint density at radius 2 is 2.00 bits per heavy atom. The van der Waals surface area contributed by atoms with Crippen molar-refractivity contribution in [3.8, 4) is 0 Å². The second kappa shape index (κ2) is 5.34. The summed E-state index contributed by atoms with van der Waals surface area (Å²) in [6.07, 6.45) is -0.479.